The number of thiophene rings is 1. The highest BCUT2D eigenvalue weighted by molar-refractivity contribution is 7.17. The quantitative estimate of drug-likeness (QED) is 0.457. The summed E-state index contributed by atoms with van der Waals surface area (Å²) in [6.45, 7) is 4.51. The van der Waals surface area contributed by atoms with Crippen molar-refractivity contribution >= 4 is 50.8 Å². The number of fused-ring (bicyclic) bond motifs is 1. The molecule has 1 N–H and O–H groups in total. The molecule has 0 saturated carbocycles. The molecule has 1 aromatic heterocycles. The molecular formula is C26H27ClN2O4S. The van der Waals surface area contributed by atoms with Gasteiger partial charge in [-0.05, 0) is 43.5 Å². The SMILES string of the molecule is CC(CCN(Cc1cccc(Cl)c1)C(=O)C1(C)CCN1C(=O)c1csc2ccccc12)C(=O)O. The van der Waals surface area contributed by atoms with Crippen LogP contribution < -0.4 is 0 Å². The first-order valence-electron chi connectivity index (χ1n) is 11.3. The number of carbonyl (C=O) groups is 3. The lowest BCUT2D eigenvalue weighted by Gasteiger charge is -2.51. The molecule has 34 heavy (non-hydrogen) atoms. The average molecular weight is 499 g/mol. The highest BCUT2D eigenvalue weighted by atomic mass is 35.5. The first-order valence-corrected chi connectivity index (χ1v) is 12.5. The molecule has 2 aromatic carbocycles. The first-order chi connectivity index (χ1) is 16.2. The third kappa shape index (κ3) is 4.68. The fraction of sp³-hybridized carbons (Fsp3) is 0.346. The van der Waals surface area contributed by atoms with E-state index in [1.165, 1.54) is 11.3 Å². The Morgan fingerprint density at radius 3 is 2.65 bits per heavy atom. The monoisotopic (exact) mass is 498 g/mol. The Kier molecular flexibility index (Phi) is 6.96. The van der Waals surface area contributed by atoms with Crippen LogP contribution >= 0.6 is 22.9 Å². The van der Waals surface area contributed by atoms with E-state index in [9.17, 15) is 19.5 Å². The van der Waals surface area contributed by atoms with Gasteiger partial charge in [-0.1, -0.05) is 48.9 Å². The molecule has 1 fully saturated rings. The van der Waals surface area contributed by atoms with Gasteiger partial charge in [0.2, 0.25) is 5.91 Å². The highest BCUT2D eigenvalue weighted by Gasteiger charge is 2.51. The molecule has 3 aromatic rings. The molecule has 2 unspecified atom stereocenters. The lowest BCUT2D eigenvalue weighted by molar-refractivity contribution is -0.151. The van der Waals surface area contributed by atoms with Crippen molar-refractivity contribution in [3.8, 4) is 0 Å². The smallest absolute Gasteiger partial charge is 0.306 e. The number of amides is 2. The minimum absolute atomic E-state index is 0.152. The summed E-state index contributed by atoms with van der Waals surface area (Å²) in [5, 5.41) is 12.6. The Morgan fingerprint density at radius 2 is 1.97 bits per heavy atom. The molecule has 1 saturated heterocycles. The number of likely N-dealkylation sites (tertiary alicyclic amines) is 1. The zero-order valence-electron chi connectivity index (χ0n) is 19.2. The Morgan fingerprint density at radius 1 is 1.21 bits per heavy atom. The van der Waals surface area contributed by atoms with E-state index in [0.717, 1.165) is 15.6 Å². The molecule has 0 radical (unpaired) electrons. The van der Waals surface area contributed by atoms with E-state index in [-0.39, 0.29) is 18.4 Å². The number of hydrogen-bond acceptors (Lipinski definition) is 4. The van der Waals surface area contributed by atoms with Gasteiger partial charge in [-0.25, -0.2) is 0 Å². The molecule has 178 valence electrons. The van der Waals surface area contributed by atoms with Crippen LogP contribution in [0.25, 0.3) is 10.1 Å². The van der Waals surface area contributed by atoms with Gasteiger partial charge in [0.1, 0.15) is 5.54 Å². The van der Waals surface area contributed by atoms with E-state index in [2.05, 4.69) is 0 Å². The number of rotatable bonds is 8. The zero-order valence-corrected chi connectivity index (χ0v) is 20.7. The molecule has 2 atom stereocenters. The molecular weight excluding hydrogens is 472 g/mol. The molecule has 0 spiro atoms. The van der Waals surface area contributed by atoms with Crippen LogP contribution in [-0.2, 0) is 16.1 Å². The molecule has 8 heteroatoms. The van der Waals surface area contributed by atoms with E-state index in [1.807, 2.05) is 41.8 Å². The van der Waals surface area contributed by atoms with Crippen LogP contribution in [0.4, 0.5) is 0 Å². The van der Waals surface area contributed by atoms with Gasteiger partial charge in [0.25, 0.3) is 5.91 Å². The van der Waals surface area contributed by atoms with Crippen molar-refractivity contribution in [3.63, 3.8) is 0 Å². The second-order valence-electron chi connectivity index (χ2n) is 9.01. The summed E-state index contributed by atoms with van der Waals surface area (Å²) >= 11 is 7.66. The Hall–Kier alpha value is -2.90. The Bertz CT molecular complexity index is 1240. The van der Waals surface area contributed by atoms with Crippen LogP contribution in [0, 0.1) is 5.92 Å². The molecule has 1 aliphatic rings. The van der Waals surface area contributed by atoms with Crippen LogP contribution in [0.5, 0.6) is 0 Å². The number of halogens is 1. The van der Waals surface area contributed by atoms with Crippen LogP contribution in [0.15, 0.2) is 53.9 Å². The number of benzene rings is 2. The van der Waals surface area contributed by atoms with Gasteiger partial charge in [-0.3, -0.25) is 14.4 Å². The van der Waals surface area contributed by atoms with Gasteiger partial charge in [0.15, 0.2) is 0 Å². The van der Waals surface area contributed by atoms with Crippen molar-refractivity contribution < 1.29 is 19.5 Å². The van der Waals surface area contributed by atoms with Crippen molar-refractivity contribution in [2.45, 2.75) is 38.8 Å². The molecule has 1 aliphatic heterocycles. The van der Waals surface area contributed by atoms with Gasteiger partial charge < -0.3 is 14.9 Å². The number of carboxylic acids is 1. The summed E-state index contributed by atoms with van der Waals surface area (Å²) in [5.41, 5.74) is 0.485. The predicted molar refractivity (Wildman–Crippen MR) is 134 cm³/mol. The highest BCUT2D eigenvalue weighted by Crippen LogP contribution is 2.37. The second kappa shape index (κ2) is 9.76. The van der Waals surface area contributed by atoms with E-state index in [4.69, 9.17) is 11.6 Å². The number of hydrogen-bond donors (Lipinski definition) is 1. The Balaban J connectivity index is 1.58. The first kappa shape index (κ1) is 24.2. The largest absolute Gasteiger partial charge is 0.481 e. The maximum atomic E-state index is 13.8. The molecule has 4 rings (SSSR count). The molecule has 0 aliphatic carbocycles. The van der Waals surface area contributed by atoms with Gasteiger partial charge in [0, 0.05) is 40.1 Å². The molecule has 2 amide bonds. The van der Waals surface area contributed by atoms with Crippen LogP contribution in [0.3, 0.4) is 0 Å². The summed E-state index contributed by atoms with van der Waals surface area (Å²) in [5.74, 6) is -1.81. The van der Waals surface area contributed by atoms with Gasteiger partial charge in [-0.2, -0.15) is 0 Å². The maximum Gasteiger partial charge on any atom is 0.306 e. The van der Waals surface area contributed by atoms with E-state index >= 15 is 0 Å². The predicted octanol–water partition coefficient (Wildman–Crippen LogP) is 5.30. The molecule has 6 nitrogen and oxygen atoms in total. The van der Waals surface area contributed by atoms with Gasteiger partial charge in [-0.15, -0.1) is 11.3 Å². The fourth-order valence-corrected chi connectivity index (χ4v) is 5.47. The number of carboxylic acid groups (broad SMARTS) is 1. The van der Waals surface area contributed by atoms with Gasteiger partial charge >= 0.3 is 5.97 Å². The molecule has 0 bridgehead atoms. The van der Waals surface area contributed by atoms with Gasteiger partial charge in [0.05, 0.1) is 11.5 Å². The summed E-state index contributed by atoms with van der Waals surface area (Å²) in [6.07, 6.45) is 0.876. The van der Waals surface area contributed by atoms with Crippen molar-refractivity contribution in [1.29, 1.82) is 0 Å². The standard InChI is InChI=1S/C26H27ClN2O4S/c1-17(24(31)32)10-12-28(15-18-6-5-7-19(27)14-18)25(33)26(2)11-13-29(26)23(30)21-16-34-22-9-4-3-8-20(21)22/h3-9,14,16-17H,10-13,15H2,1-2H3,(H,31,32). The van der Waals surface area contributed by atoms with Crippen molar-refractivity contribution in [3.05, 3.63) is 70.1 Å². The van der Waals surface area contributed by atoms with Crippen LogP contribution in [0.1, 0.15) is 42.6 Å². The zero-order chi connectivity index (χ0) is 24.5. The Labute approximate surface area is 207 Å². The fourth-order valence-electron chi connectivity index (χ4n) is 4.32. The minimum atomic E-state index is -0.981. The summed E-state index contributed by atoms with van der Waals surface area (Å²) < 4.78 is 1.03. The third-order valence-corrected chi connectivity index (χ3v) is 7.84. The topological polar surface area (TPSA) is 77.9 Å². The summed E-state index contributed by atoms with van der Waals surface area (Å²) in [7, 11) is 0. The van der Waals surface area contributed by atoms with E-state index in [1.54, 1.807) is 35.8 Å². The number of nitrogens with zero attached hydrogens (tertiary/aromatic N) is 2. The second-order valence-corrected chi connectivity index (χ2v) is 10.4. The minimum Gasteiger partial charge on any atom is -0.481 e. The number of carbonyl (C=O) groups excluding carboxylic acids is 2. The van der Waals surface area contributed by atoms with Crippen molar-refractivity contribution in [2.24, 2.45) is 5.92 Å². The lowest BCUT2D eigenvalue weighted by Crippen LogP contribution is -2.67. The van der Waals surface area contributed by atoms with Crippen LogP contribution in [0.2, 0.25) is 5.02 Å². The van der Waals surface area contributed by atoms with Crippen LogP contribution in [-0.4, -0.2) is 51.3 Å². The van der Waals surface area contributed by atoms with E-state index in [0.29, 0.717) is 36.5 Å². The van der Waals surface area contributed by atoms with E-state index < -0.39 is 17.4 Å². The normalized spacial score (nSPS) is 18.4. The van der Waals surface area contributed by atoms with Crippen molar-refractivity contribution in [2.75, 3.05) is 13.1 Å². The number of aliphatic carboxylic acids is 1. The summed E-state index contributed by atoms with van der Waals surface area (Å²) in [4.78, 5) is 42.0. The summed E-state index contributed by atoms with van der Waals surface area (Å²) in [6, 6.07) is 15.0. The maximum absolute atomic E-state index is 13.8. The van der Waals surface area contributed by atoms with Crippen molar-refractivity contribution in [1.82, 2.24) is 9.80 Å². The molecule has 2 heterocycles. The average Bonchev–Trinajstić information content (AvgIpc) is 3.24. The third-order valence-electron chi connectivity index (χ3n) is 6.64. The lowest BCUT2D eigenvalue weighted by atomic mass is 9.84.